The Morgan fingerprint density at radius 2 is 1.82 bits per heavy atom. The van der Waals surface area contributed by atoms with Crippen LogP contribution in [0.15, 0.2) is 17.0 Å². The van der Waals surface area contributed by atoms with Crippen LogP contribution in [0.25, 0.3) is 0 Å². The fourth-order valence-corrected chi connectivity index (χ4v) is 5.85. The first-order valence-electron chi connectivity index (χ1n) is 7.66. The number of phenolic OH excluding ortho intramolecular Hbond substituents is 1. The first-order valence-corrected chi connectivity index (χ1v) is 9.58. The molecule has 3 rings (SSSR count). The van der Waals surface area contributed by atoms with E-state index in [0.717, 1.165) is 25.9 Å². The third kappa shape index (κ3) is 2.68. The molecule has 0 spiro atoms. The van der Waals surface area contributed by atoms with E-state index in [4.69, 9.17) is 17.3 Å². The van der Waals surface area contributed by atoms with Gasteiger partial charge in [0.25, 0.3) is 0 Å². The molecule has 1 saturated heterocycles. The van der Waals surface area contributed by atoms with Crippen LogP contribution in [-0.2, 0) is 9.84 Å². The average Bonchev–Trinajstić information content (AvgIpc) is 2.42. The molecule has 1 aromatic carbocycles. The molecule has 0 amide bonds. The molecule has 3 N–H and O–H groups in total. The Morgan fingerprint density at radius 1 is 1.18 bits per heavy atom. The van der Waals surface area contributed by atoms with Gasteiger partial charge in [0, 0.05) is 6.04 Å². The molecule has 0 atom stereocenters. The standard InChI is InChI=1S/C15H21ClN2O3S/c16-12-6-7-13(17)14(19)15(12)22(20,21)11-4-2-10(3-5-11)18-8-1-9-18/h6-7,10-11,19H,1-5,8-9,17H2. The van der Waals surface area contributed by atoms with E-state index in [1.54, 1.807) is 0 Å². The first kappa shape index (κ1) is 15.9. The Balaban J connectivity index is 1.81. The third-order valence-corrected chi connectivity index (χ3v) is 7.65. The van der Waals surface area contributed by atoms with Gasteiger partial charge in [-0.15, -0.1) is 0 Å². The normalized spacial score (nSPS) is 26.6. The van der Waals surface area contributed by atoms with Gasteiger partial charge in [0.1, 0.15) is 4.90 Å². The number of sulfone groups is 1. The number of benzene rings is 1. The van der Waals surface area contributed by atoms with E-state index < -0.39 is 20.8 Å². The maximum Gasteiger partial charge on any atom is 0.186 e. The van der Waals surface area contributed by atoms with Crippen LogP contribution in [0.1, 0.15) is 32.1 Å². The summed E-state index contributed by atoms with van der Waals surface area (Å²) < 4.78 is 25.7. The summed E-state index contributed by atoms with van der Waals surface area (Å²) in [6, 6.07) is 3.34. The van der Waals surface area contributed by atoms with Crippen molar-refractivity contribution in [3.05, 3.63) is 17.2 Å². The second-order valence-corrected chi connectivity index (χ2v) is 8.75. The lowest BCUT2D eigenvalue weighted by molar-refractivity contribution is 0.0918. The maximum atomic E-state index is 12.8. The smallest absolute Gasteiger partial charge is 0.186 e. The number of hydrogen-bond donors (Lipinski definition) is 2. The van der Waals surface area contributed by atoms with Crippen molar-refractivity contribution in [3.8, 4) is 5.75 Å². The summed E-state index contributed by atoms with van der Waals surface area (Å²) in [4.78, 5) is 2.22. The molecule has 2 fully saturated rings. The summed E-state index contributed by atoms with van der Waals surface area (Å²) in [7, 11) is -3.66. The summed E-state index contributed by atoms with van der Waals surface area (Å²) >= 11 is 6.01. The Bertz CT molecular complexity index is 666. The van der Waals surface area contributed by atoms with E-state index >= 15 is 0 Å². The van der Waals surface area contributed by atoms with Gasteiger partial charge in [0.2, 0.25) is 0 Å². The lowest BCUT2D eigenvalue weighted by Gasteiger charge is -2.41. The van der Waals surface area contributed by atoms with Gasteiger partial charge in [-0.25, -0.2) is 8.42 Å². The number of halogens is 1. The van der Waals surface area contributed by atoms with Crippen molar-refractivity contribution in [3.63, 3.8) is 0 Å². The van der Waals surface area contributed by atoms with E-state index in [1.165, 1.54) is 18.6 Å². The van der Waals surface area contributed by atoms with Crippen molar-refractivity contribution >= 4 is 27.1 Å². The first-order chi connectivity index (χ1) is 10.4. The second kappa shape index (κ2) is 5.91. The van der Waals surface area contributed by atoms with Crippen molar-refractivity contribution in [1.29, 1.82) is 0 Å². The minimum absolute atomic E-state index is 0.0385. The quantitative estimate of drug-likeness (QED) is 0.650. The van der Waals surface area contributed by atoms with Crippen LogP contribution < -0.4 is 5.73 Å². The Labute approximate surface area is 136 Å². The number of anilines is 1. The lowest BCUT2D eigenvalue weighted by atomic mass is 9.92. The fraction of sp³-hybridized carbons (Fsp3) is 0.600. The molecule has 5 nitrogen and oxygen atoms in total. The molecule has 122 valence electrons. The van der Waals surface area contributed by atoms with Crippen LogP contribution in [0.2, 0.25) is 5.02 Å². The van der Waals surface area contributed by atoms with Crippen LogP contribution in [-0.4, -0.2) is 42.8 Å². The predicted molar refractivity (Wildman–Crippen MR) is 86.9 cm³/mol. The van der Waals surface area contributed by atoms with Gasteiger partial charge in [-0.05, 0) is 57.3 Å². The molecule has 1 aromatic rings. The molecule has 0 unspecified atom stereocenters. The summed E-state index contributed by atoms with van der Waals surface area (Å²) in [6.07, 6.45) is 4.21. The van der Waals surface area contributed by atoms with Gasteiger partial charge in [-0.3, -0.25) is 0 Å². The summed E-state index contributed by atoms with van der Waals surface area (Å²) in [5.41, 5.74) is 5.66. The lowest BCUT2D eigenvalue weighted by Crippen LogP contribution is -2.47. The van der Waals surface area contributed by atoms with Crippen LogP contribution >= 0.6 is 11.6 Å². The number of nitrogens with two attached hydrogens (primary N) is 1. The molecule has 0 aromatic heterocycles. The number of nitrogen functional groups attached to an aromatic ring is 1. The van der Waals surface area contributed by atoms with Gasteiger partial charge in [-0.2, -0.15) is 0 Å². The highest BCUT2D eigenvalue weighted by Crippen LogP contribution is 2.40. The Hall–Kier alpha value is -0.980. The molecular formula is C15H21ClN2O3S. The molecule has 1 saturated carbocycles. The molecule has 2 aliphatic rings. The van der Waals surface area contributed by atoms with Gasteiger partial charge in [-0.1, -0.05) is 11.6 Å². The zero-order valence-corrected chi connectivity index (χ0v) is 13.9. The van der Waals surface area contributed by atoms with E-state index in [2.05, 4.69) is 4.90 Å². The summed E-state index contributed by atoms with van der Waals surface area (Å²) in [6.45, 7) is 2.26. The van der Waals surface area contributed by atoms with Crippen LogP contribution in [0.3, 0.4) is 0 Å². The van der Waals surface area contributed by atoms with Crippen molar-refractivity contribution < 1.29 is 13.5 Å². The van der Waals surface area contributed by atoms with Gasteiger partial charge >= 0.3 is 0 Å². The number of nitrogens with zero attached hydrogens (tertiary/aromatic N) is 1. The topological polar surface area (TPSA) is 83.6 Å². The Morgan fingerprint density at radius 3 is 2.36 bits per heavy atom. The minimum atomic E-state index is -3.66. The summed E-state index contributed by atoms with van der Waals surface area (Å²) in [5, 5.41) is 9.58. The Kier molecular flexibility index (Phi) is 4.27. The van der Waals surface area contributed by atoms with E-state index in [-0.39, 0.29) is 15.6 Å². The monoisotopic (exact) mass is 344 g/mol. The highest BCUT2D eigenvalue weighted by atomic mass is 35.5. The molecule has 7 heteroatoms. The predicted octanol–water partition coefficient (Wildman–Crippen LogP) is 2.42. The van der Waals surface area contributed by atoms with Crippen molar-refractivity contribution in [2.75, 3.05) is 18.8 Å². The number of likely N-dealkylation sites (tertiary alicyclic amines) is 1. The number of aromatic hydroxyl groups is 1. The van der Waals surface area contributed by atoms with E-state index in [9.17, 15) is 13.5 Å². The molecule has 0 bridgehead atoms. The van der Waals surface area contributed by atoms with E-state index in [1.807, 2.05) is 0 Å². The molecule has 1 aliphatic carbocycles. The molecular weight excluding hydrogens is 324 g/mol. The average molecular weight is 345 g/mol. The SMILES string of the molecule is Nc1ccc(Cl)c(S(=O)(=O)C2CCC(N3CCC3)CC2)c1O. The van der Waals surface area contributed by atoms with Crippen LogP contribution in [0.4, 0.5) is 5.69 Å². The molecule has 1 heterocycles. The second-order valence-electron chi connectivity index (χ2n) is 6.18. The van der Waals surface area contributed by atoms with Crippen molar-refractivity contribution in [2.45, 2.75) is 48.3 Å². The van der Waals surface area contributed by atoms with Gasteiger partial charge in [0.15, 0.2) is 15.6 Å². The maximum absolute atomic E-state index is 12.8. The number of hydrogen-bond acceptors (Lipinski definition) is 5. The van der Waals surface area contributed by atoms with Crippen LogP contribution in [0, 0.1) is 0 Å². The van der Waals surface area contributed by atoms with E-state index in [0.29, 0.717) is 18.9 Å². The number of phenols is 1. The largest absolute Gasteiger partial charge is 0.504 e. The summed E-state index contributed by atoms with van der Waals surface area (Å²) in [5.74, 6) is -0.419. The third-order valence-electron chi connectivity index (χ3n) is 4.89. The zero-order valence-electron chi connectivity index (χ0n) is 12.3. The molecule has 22 heavy (non-hydrogen) atoms. The number of rotatable bonds is 3. The molecule has 0 radical (unpaired) electrons. The van der Waals surface area contributed by atoms with Gasteiger partial charge in [0.05, 0.1) is 16.0 Å². The minimum Gasteiger partial charge on any atom is -0.504 e. The van der Waals surface area contributed by atoms with Crippen LogP contribution in [0.5, 0.6) is 5.75 Å². The fourth-order valence-electron chi connectivity index (χ4n) is 3.43. The van der Waals surface area contributed by atoms with Gasteiger partial charge < -0.3 is 15.7 Å². The van der Waals surface area contributed by atoms with Crippen molar-refractivity contribution in [2.24, 2.45) is 0 Å². The molecule has 1 aliphatic heterocycles. The highest BCUT2D eigenvalue weighted by molar-refractivity contribution is 7.92. The zero-order chi connectivity index (χ0) is 15.9. The highest BCUT2D eigenvalue weighted by Gasteiger charge is 2.37. The van der Waals surface area contributed by atoms with Crippen molar-refractivity contribution in [1.82, 2.24) is 4.90 Å².